The van der Waals surface area contributed by atoms with Crippen LogP contribution in [0.3, 0.4) is 0 Å². The second-order valence-electron chi connectivity index (χ2n) is 4.30. The molecule has 2 heterocycles. The third-order valence-electron chi connectivity index (χ3n) is 2.89. The van der Waals surface area contributed by atoms with Gasteiger partial charge in [-0.15, -0.1) is 0 Å². The number of halogens is 1. The van der Waals surface area contributed by atoms with E-state index in [0.29, 0.717) is 11.0 Å². The van der Waals surface area contributed by atoms with Crippen LogP contribution in [-0.4, -0.2) is 26.9 Å². The van der Waals surface area contributed by atoms with Crippen molar-refractivity contribution >= 4 is 11.6 Å². The largest absolute Gasteiger partial charge is 0.374 e. The van der Waals surface area contributed by atoms with Gasteiger partial charge in [0.15, 0.2) is 5.82 Å². The SMILES string of the molecule is CCn1nc(C)cc1-c1cc(Cl)nc([C@H](C)OC)n1. The van der Waals surface area contributed by atoms with Gasteiger partial charge in [0, 0.05) is 19.7 Å². The molecule has 0 amide bonds. The summed E-state index contributed by atoms with van der Waals surface area (Å²) in [5, 5.41) is 4.82. The van der Waals surface area contributed by atoms with E-state index in [1.165, 1.54) is 0 Å². The quantitative estimate of drug-likeness (QED) is 0.808. The van der Waals surface area contributed by atoms with Crippen LogP contribution in [0.15, 0.2) is 12.1 Å². The van der Waals surface area contributed by atoms with Crippen LogP contribution >= 0.6 is 11.6 Å². The van der Waals surface area contributed by atoms with Crippen molar-refractivity contribution in [2.24, 2.45) is 0 Å². The lowest BCUT2D eigenvalue weighted by atomic mass is 10.2. The first-order chi connectivity index (χ1) is 9.05. The fourth-order valence-corrected chi connectivity index (χ4v) is 2.04. The van der Waals surface area contributed by atoms with Crippen molar-refractivity contribution in [1.82, 2.24) is 19.7 Å². The topological polar surface area (TPSA) is 52.8 Å². The fourth-order valence-electron chi connectivity index (χ4n) is 1.85. The van der Waals surface area contributed by atoms with Gasteiger partial charge < -0.3 is 4.74 Å². The van der Waals surface area contributed by atoms with Crippen molar-refractivity contribution in [3.8, 4) is 11.4 Å². The molecule has 2 rings (SSSR count). The zero-order valence-corrected chi connectivity index (χ0v) is 12.3. The van der Waals surface area contributed by atoms with Gasteiger partial charge in [0.05, 0.1) is 17.1 Å². The molecule has 0 fully saturated rings. The molecule has 0 aliphatic rings. The first kappa shape index (κ1) is 14.0. The summed E-state index contributed by atoms with van der Waals surface area (Å²) in [5.74, 6) is 0.575. The van der Waals surface area contributed by atoms with Gasteiger partial charge in [-0.3, -0.25) is 4.68 Å². The van der Waals surface area contributed by atoms with Crippen LogP contribution in [0.25, 0.3) is 11.4 Å². The van der Waals surface area contributed by atoms with E-state index in [0.717, 1.165) is 23.6 Å². The molecule has 6 heteroatoms. The molecule has 0 aromatic carbocycles. The summed E-state index contributed by atoms with van der Waals surface area (Å²) in [5.41, 5.74) is 2.66. The van der Waals surface area contributed by atoms with Crippen molar-refractivity contribution < 1.29 is 4.74 Å². The number of aryl methyl sites for hydroxylation is 2. The van der Waals surface area contributed by atoms with Crippen LogP contribution < -0.4 is 0 Å². The van der Waals surface area contributed by atoms with Gasteiger partial charge in [-0.1, -0.05) is 11.6 Å². The highest BCUT2D eigenvalue weighted by molar-refractivity contribution is 6.29. The van der Waals surface area contributed by atoms with E-state index >= 15 is 0 Å². The molecule has 0 aliphatic carbocycles. The van der Waals surface area contributed by atoms with Gasteiger partial charge in [-0.2, -0.15) is 5.10 Å². The molecule has 0 saturated heterocycles. The maximum absolute atomic E-state index is 6.07. The van der Waals surface area contributed by atoms with E-state index in [9.17, 15) is 0 Å². The molecule has 19 heavy (non-hydrogen) atoms. The molecule has 1 atom stereocenters. The molecular weight excluding hydrogens is 264 g/mol. The van der Waals surface area contributed by atoms with Crippen molar-refractivity contribution in [2.75, 3.05) is 7.11 Å². The maximum atomic E-state index is 6.07. The summed E-state index contributed by atoms with van der Waals surface area (Å²) < 4.78 is 7.14. The normalized spacial score (nSPS) is 12.7. The van der Waals surface area contributed by atoms with Crippen LogP contribution in [0, 0.1) is 6.92 Å². The maximum Gasteiger partial charge on any atom is 0.159 e. The second kappa shape index (κ2) is 5.67. The lowest BCUT2D eigenvalue weighted by molar-refractivity contribution is 0.112. The molecule has 0 spiro atoms. The van der Waals surface area contributed by atoms with Gasteiger partial charge >= 0.3 is 0 Å². The van der Waals surface area contributed by atoms with Crippen LogP contribution in [0.4, 0.5) is 0 Å². The molecule has 0 bridgehead atoms. The van der Waals surface area contributed by atoms with Crippen molar-refractivity contribution in [1.29, 1.82) is 0 Å². The van der Waals surface area contributed by atoms with E-state index in [-0.39, 0.29) is 6.10 Å². The molecule has 0 saturated carbocycles. The van der Waals surface area contributed by atoms with Gasteiger partial charge in [-0.05, 0) is 26.8 Å². The van der Waals surface area contributed by atoms with E-state index in [4.69, 9.17) is 16.3 Å². The lowest BCUT2D eigenvalue weighted by Crippen LogP contribution is -2.06. The molecular formula is C13H17ClN4O. The van der Waals surface area contributed by atoms with E-state index in [1.807, 2.05) is 31.5 Å². The number of ether oxygens (including phenoxy) is 1. The summed E-state index contributed by atoms with van der Waals surface area (Å²) in [6.07, 6.45) is -0.198. The predicted molar refractivity (Wildman–Crippen MR) is 74.1 cm³/mol. The minimum atomic E-state index is -0.198. The van der Waals surface area contributed by atoms with E-state index in [2.05, 4.69) is 15.1 Å². The highest BCUT2D eigenvalue weighted by Crippen LogP contribution is 2.23. The molecule has 2 aromatic rings. The molecule has 0 N–H and O–H groups in total. The number of hydrogen-bond donors (Lipinski definition) is 0. The van der Waals surface area contributed by atoms with E-state index < -0.39 is 0 Å². The van der Waals surface area contributed by atoms with Crippen molar-refractivity contribution in [3.63, 3.8) is 0 Å². The fraction of sp³-hybridized carbons (Fsp3) is 0.462. The summed E-state index contributed by atoms with van der Waals surface area (Å²) >= 11 is 6.07. The Hall–Kier alpha value is -1.46. The molecule has 0 radical (unpaired) electrons. The Labute approximate surface area is 117 Å². The zero-order valence-electron chi connectivity index (χ0n) is 11.5. The standard InChI is InChI=1S/C13H17ClN4O/c1-5-18-11(6-8(2)17-18)10-7-12(14)16-13(15-10)9(3)19-4/h6-7,9H,5H2,1-4H3/t9-/m0/s1. The van der Waals surface area contributed by atoms with Gasteiger partial charge in [0.1, 0.15) is 11.3 Å². The van der Waals surface area contributed by atoms with Crippen LogP contribution in [0.2, 0.25) is 5.15 Å². The van der Waals surface area contributed by atoms with Gasteiger partial charge in [0.2, 0.25) is 0 Å². The van der Waals surface area contributed by atoms with Gasteiger partial charge in [-0.25, -0.2) is 9.97 Å². The first-order valence-corrected chi connectivity index (χ1v) is 6.55. The lowest BCUT2D eigenvalue weighted by Gasteiger charge is -2.10. The summed E-state index contributed by atoms with van der Waals surface area (Å²) in [6, 6.07) is 3.74. The molecule has 5 nitrogen and oxygen atoms in total. The molecule has 0 unspecified atom stereocenters. The van der Waals surface area contributed by atoms with Gasteiger partial charge in [0.25, 0.3) is 0 Å². The monoisotopic (exact) mass is 280 g/mol. The Morgan fingerprint density at radius 2 is 2.11 bits per heavy atom. The summed E-state index contributed by atoms with van der Waals surface area (Å²) in [4.78, 5) is 8.71. The minimum absolute atomic E-state index is 0.198. The predicted octanol–water partition coefficient (Wildman–Crippen LogP) is 3.03. The Morgan fingerprint density at radius 3 is 2.74 bits per heavy atom. The van der Waals surface area contributed by atoms with E-state index in [1.54, 1.807) is 13.2 Å². The minimum Gasteiger partial charge on any atom is -0.374 e. The number of nitrogens with zero attached hydrogens (tertiary/aromatic N) is 4. The summed E-state index contributed by atoms with van der Waals surface area (Å²) in [7, 11) is 1.62. The Bertz CT molecular complexity index is 582. The number of methoxy groups -OCH3 is 1. The third kappa shape index (κ3) is 2.93. The van der Waals surface area contributed by atoms with Crippen LogP contribution in [-0.2, 0) is 11.3 Å². The first-order valence-electron chi connectivity index (χ1n) is 6.17. The Balaban J connectivity index is 2.52. The number of aromatic nitrogens is 4. The molecule has 0 aliphatic heterocycles. The van der Waals surface area contributed by atoms with Crippen LogP contribution in [0.5, 0.6) is 0 Å². The third-order valence-corrected chi connectivity index (χ3v) is 3.09. The average Bonchev–Trinajstić information content (AvgIpc) is 2.78. The Morgan fingerprint density at radius 1 is 1.37 bits per heavy atom. The number of hydrogen-bond acceptors (Lipinski definition) is 4. The second-order valence-corrected chi connectivity index (χ2v) is 4.69. The van der Waals surface area contributed by atoms with Crippen LogP contribution in [0.1, 0.15) is 31.5 Å². The number of rotatable bonds is 4. The summed E-state index contributed by atoms with van der Waals surface area (Å²) in [6.45, 7) is 6.66. The smallest absolute Gasteiger partial charge is 0.159 e. The Kier molecular flexibility index (Phi) is 4.17. The highest BCUT2D eigenvalue weighted by atomic mass is 35.5. The molecule has 102 valence electrons. The highest BCUT2D eigenvalue weighted by Gasteiger charge is 2.14. The van der Waals surface area contributed by atoms with Crippen molar-refractivity contribution in [3.05, 3.63) is 28.8 Å². The average molecular weight is 281 g/mol. The van der Waals surface area contributed by atoms with Crippen molar-refractivity contribution in [2.45, 2.75) is 33.4 Å². The zero-order chi connectivity index (χ0) is 14.0. The molecule has 2 aromatic heterocycles.